The number of ether oxygens (including phenoxy) is 1. The van der Waals surface area contributed by atoms with Gasteiger partial charge in [0.2, 0.25) is 0 Å². The number of carboxylic acid groups (broad SMARTS) is 1. The van der Waals surface area contributed by atoms with Gasteiger partial charge in [-0.25, -0.2) is 4.79 Å². The van der Waals surface area contributed by atoms with E-state index in [0.717, 1.165) is 16.8 Å². The zero-order chi connectivity index (χ0) is 23.4. The number of benzene rings is 2. The number of nitrogens with one attached hydrogen (secondary N) is 1. The molecule has 166 valence electrons. The minimum Gasteiger partial charge on any atom is -0.479 e. The second kappa shape index (κ2) is 10.4. The van der Waals surface area contributed by atoms with E-state index in [2.05, 4.69) is 5.43 Å². The van der Waals surface area contributed by atoms with Crippen molar-refractivity contribution in [2.24, 2.45) is 0 Å². The largest absolute Gasteiger partial charge is 0.479 e. The SMILES string of the molecule is CCC(Oc1ccccc1/C=C1/SC(=S)N(NC(=O)c2ccc(Cl)cc2Cl)C1=O)C(=O)O. The molecular formula is C21H16Cl2N2O5S2. The number of amides is 2. The maximum atomic E-state index is 12.9. The molecule has 1 heterocycles. The van der Waals surface area contributed by atoms with Crippen molar-refractivity contribution in [3.63, 3.8) is 0 Å². The number of carbonyl (C=O) groups excluding carboxylic acids is 2. The number of hydrogen-bond acceptors (Lipinski definition) is 6. The number of carbonyl (C=O) groups is 3. The molecule has 2 N–H and O–H groups in total. The molecule has 3 rings (SSSR count). The fraction of sp³-hybridized carbons (Fsp3) is 0.143. The minimum atomic E-state index is -1.09. The summed E-state index contributed by atoms with van der Waals surface area (Å²) in [6, 6.07) is 11.1. The fourth-order valence-corrected chi connectivity index (χ4v) is 4.37. The maximum absolute atomic E-state index is 12.9. The van der Waals surface area contributed by atoms with Crippen LogP contribution in [0.25, 0.3) is 6.08 Å². The number of para-hydroxylation sites is 1. The number of thioether (sulfide) groups is 1. The molecule has 2 amide bonds. The molecule has 0 saturated carbocycles. The van der Waals surface area contributed by atoms with Crippen LogP contribution in [0.4, 0.5) is 0 Å². The highest BCUT2D eigenvalue weighted by atomic mass is 35.5. The second-order valence-corrected chi connectivity index (χ2v) is 8.99. The molecule has 1 fully saturated rings. The smallest absolute Gasteiger partial charge is 0.344 e. The molecule has 1 aliphatic heterocycles. The molecule has 2 aromatic carbocycles. The first-order valence-corrected chi connectivity index (χ1v) is 11.2. The van der Waals surface area contributed by atoms with E-state index in [1.54, 1.807) is 31.2 Å². The summed E-state index contributed by atoms with van der Waals surface area (Å²) in [5, 5.41) is 10.7. The third-order valence-electron chi connectivity index (χ3n) is 4.30. The number of nitrogens with zero attached hydrogens (tertiary/aromatic N) is 1. The van der Waals surface area contributed by atoms with Crippen molar-refractivity contribution in [1.29, 1.82) is 0 Å². The number of hydrogen-bond donors (Lipinski definition) is 2. The lowest BCUT2D eigenvalue weighted by atomic mass is 10.1. The normalized spacial score (nSPS) is 15.7. The Morgan fingerprint density at radius 1 is 1.28 bits per heavy atom. The molecule has 2 aromatic rings. The van der Waals surface area contributed by atoms with E-state index in [0.29, 0.717) is 16.3 Å². The Morgan fingerprint density at radius 2 is 2.00 bits per heavy atom. The van der Waals surface area contributed by atoms with Crippen LogP contribution in [-0.4, -0.2) is 38.3 Å². The van der Waals surface area contributed by atoms with Gasteiger partial charge in [-0.15, -0.1) is 0 Å². The summed E-state index contributed by atoms with van der Waals surface area (Å²) in [7, 11) is 0. The van der Waals surface area contributed by atoms with E-state index < -0.39 is 23.9 Å². The number of halogens is 2. The van der Waals surface area contributed by atoms with Gasteiger partial charge in [0.15, 0.2) is 10.4 Å². The number of rotatable bonds is 7. The lowest BCUT2D eigenvalue weighted by molar-refractivity contribution is -0.145. The molecule has 0 radical (unpaired) electrons. The van der Waals surface area contributed by atoms with Gasteiger partial charge in [-0.05, 0) is 49.0 Å². The number of thiocarbonyl (C=S) groups is 1. The molecule has 1 unspecified atom stereocenters. The van der Waals surface area contributed by atoms with Crippen molar-refractivity contribution in [2.75, 3.05) is 0 Å². The van der Waals surface area contributed by atoms with Crippen molar-refractivity contribution >= 4 is 75.4 Å². The molecule has 1 aliphatic rings. The number of aliphatic carboxylic acids is 1. The maximum Gasteiger partial charge on any atom is 0.344 e. The summed E-state index contributed by atoms with van der Waals surface area (Å²) < 4.78 is 5.71. The van der Waals surface area contributed by atoms with Gasteiger partial charge in [0.05, 0.1) is 15.5 Å². The summed E-state index contributed by atoms with van der Waals surface area (Å²) in [6.07, 6.45) is 0.776. The van der Waals surface area contributed by atoms with Crippen LogP contribution in [0.2, 0.25) is 10.0 Å². The van der Waals surface area contributed by atoms with Gasteiger partial charge >= 0.3 is 5.97 Å². The van der Waals surface area contributed by atoms with Gasteiger partial charge in [0.1, 0.15) is 5.75 Å². The zero-order valence-electron chi connectivity index (χ0n) is 16.5. The van der Waals surface area contributed by atoms with Crippen molar-refractivity contribution in [3.8, 4) is 5.75 Å². The summed E-state index contributed by atoms with van der Waals surface area (Å²) in [4.78, 5) is 37.0. The van der Waals surface area contributed by atoms with Crippen LogP contribution < -0.4 is 10.2 Å². The van der Waals surface area contributed by atoms with Gasteiger partial charge in [0.25, 0.3) is 11.8 Å². The zero-order valence-corrected chi connectivity index (χ0v) is 19.6. The summed E-state index contributed by atoms with van der Waals surface area (Å²) in [5.41, 5.74) is 3.08. The molecule has 7 nitrogen and oxygen atoms in total. The predicted octanol–water partition coefficient (Wildman–Crippen LogP) is 4.78. The first-order valence-electron chi connectivity index (χ1n) is 9.23. The Bertz CT molecular complexity index is 1140. The molecule has 1 saturated heterocycles. The van der Waals surface area contributed by atoms with Crippen molar-refractivity contribution in [2.45, 2.75) is 19.4 Å². The molecule has 32 heavy (non-hydrogen) atoms. The van der Waals surface area contributed by atoms with Gasteiger partial charge in [-0.2, -0.15) is 5.01 Å². The standard InChI is InChI=1S/C21H16Cl2N2O5S2/c1-2-15(20(28)29)30-16-6-4-3-5-11(16)9-17-19(27)25(21(31)32-17)24-18(26)13-8-7-12(22)10-14(13)23/h3-10,15H,2H2,1H3,(H,24,26)(H,28,29)/b17-9+. The summed E-state index contributed by atoms with van der Waals surface area (Å²) >= 11 is 18.1. The van der Waals surface area contributed by atoms with Crippen LogP contribution >= 0.6 is 47.2 Å². The van der Waals surface area contributed by atoms with E-state index in [-0.39, 0.29) is 26.2 Å². The fourth-order valence-electron chi connectivity index (χ4n) is 2.71. The van der Waals surface area contributed by atoms with Crippen molar-refractivity contribution in [3.05, 3.63) is 68.5 Å². The van der Waals surface area contributed by atoms with Crippen LogP contribution in [0.15, 0.2) is 47.4 Å². The minimum absolute atomic E-state index is 0.120. The Labute approximate surface area is 203 Å². The van der Waals surface area contributed by atoms with Crippen LogP contribution in [0.1, 0.15) is 29.3 Å². The third kappa shape index (κ3) is 5.42. The van der Waals surface area contributed by atoms with E-state index in [1.165, 1.54) is 24.3 Å². The van der Waals surface area contributed by atoms with Crippen LogP contribution in [0, 0.1) is 0 Å². The lowest BCUT2D eigenvalue weighted by Crippen LogP contribution is -2.44. The Balaban J connectivity index is 1.82. The Morgan fingerprint density at radius 3 is 2.66 bits per heavy atom. The van der Waals surface area contributed by atoms with Gasteiger partial charge in [-0.3, -0.25) is 15.0 Å². The average Bonchev–Trinajstić information content (AvgIpc) is 3.00. The monoisotopic (exact) mass is 510 g/mol. The first kappa shape index (κ1) is 24.1. The van der Waals surface area contributed by atoms with Gasteiger partial charge in [-0.1, -0.05) is 60.1 Å². The summed E-state index contributed by atoms with van der Waals surface area (Å²) in [5.74, 6) is -1.94. The summed E-state index contributed by atoms with van der Waals surface area (Å²) in [6.45, 7) is 1.70. The average molecular weight is 511 g/mol. The molecule has 11 heteroatoms. The highest BCUT2D eigenvalue weighted by molar-refractivity contribution is 8.26. The number of carboxylic acids is 1. The second-order valence-electron chi connectivity index (χ2n) is 6.47. The number of hydrazine groups is 1. The van der Waals surface area contributed by atoms with Crippen LogP contribution in [0.5, 0.6) is 5.75 Å². The van der Waals surface area contributed by atoms with E-state index in [4.69, 9.17) is 40.2 Å². The first-order chi connectivity index (χ1) is 15.2. The molecule has 0 spiro atoms. The van der Waals surface area contributed by atoms with E-state index in [9.17, 15) is 19.5 Å². The van der Waals surface area contributed by atoms with Gasteiger partial charge in [0, 0.05) is 10.6 Å². The Kier molecular flexibility index (Phi) is 7.78. The molecule has 0 aromatic heterocycles. The van der Waals surface area contributed by atoms with Crippen molar-refractivity contribution in [1.82, 2.24) is 10.4 Å². The lowest BCUT2D eigenvalue weighted by Gasteiger charge is -2.16. The van der Waals surface area contributed by atoms with E-state index >= 15 is 0 Å². The highest BCUT2D eigenvalue weighted by Crippen LogP contribution is 2.34. The molecular weight excluding hydrogens is 495 g/mol. The molecule has 1 atom stereocenters. The quantitative estimate of drug-likeness (QED) is 0.408. The Hall–Kier alpha value is -2.59. The third-order valence-corrected chi connectivity index (χ3v) is 6.15. The highest BCUT2D eigenvalue weighted by Gasteiger charge is 2.34. The predicted molar refractivity (Wildman–Crippen MR) is 128 cm³/mol. The van der Waals surface area contributed by atoms with Crippen LogP contribution in [0.3, 0.4) is 0 Å². The van der Waals surface area contributed by atoms with Crippen LogP contribution in [-0.2, 0) is 9.59 Å². The molecule has 0 aliphatic carbocycles. The van der Waals surface area contributed by atoms with E-state index in [1.807, 2.05) is 0 Å². The van der Waals surface area contributed by atoms with Gasteiger partial charge < -0.3 is 9.84 Å². The molecule has 0 bridgehead atoms. The van der Waals surface area contributed by atoms with Crippen molar-refractivity contribution < 1.29 is 24.2 Å². The topological polar surface area (TPSA) is 95.9 Å².